The summed E-state index contributed by atoms with van der Waals surface area (Å²) in [5.74, 6) is -0.0976. The normalized spacial score (nSPS) is 8.00. The highest BCUT2D eigenvalue weighted by Crippen LogP contribution is 1.90. The van der Waals surface area contributed by atoms with Crippen LogP contribution in [0, 0.1) is 0 Å². The SMILES string of the molecule is CNC(=O)C(C)=C=C(C)NC. The Labute approximate surface area is 67.2 Å². The van der Waals surface area contributed by atoms with Gasteiger partial charge in [0.25, 0.3) is 5.91 Å². The number of hydrogen-bond acceptors (Lipinski definition) is 2. The molecule has 0 unspecified atom stereocenters. The Morgan fingerprint density at radius 2 is 1.73 bits per heavy atom. The van der Waals surface area contributed by atoms with Gasteiger partial charge in [-0.2, -0.15) is 0 Å². The Hall–Kier alpha value is -1.21. The van der Waals surface area contributed by atoms with Crippen molar-refractivity contribution in [1.29, 1.82) is 0 Å². The van der Waals surface area contributed by atoms with Crippen molar-refractivity contribution in [2.45, 2.75) is 13.8 Å². The number of carbonyl (C=O) groups is 1. The molecule has 0 atom stereocenters. The molecular weight excluding hydrogens is 140 g/mol. The van der Waals surface area contributed by atoms with E-state index in [-0.39, 0.29) is 5.91 Å². The molecule has 11 heavy (non-hydrogen) atoms. The molecule has 3 heteroatoms. The average molecular weight is 154 g/mol. The molecular formula is C8H14N2O. The predicted octanol–water partition coefficient (Wildman–Crippen LogP) is 0.401. The van der Waals surface area contributed by atoms with Crippen molar-refractivity contribution in [2.24, 2.45) is 0 Å². The van der Waals surface area contributed by atoms with Crippen LogP contribution in [0.25, 0.3) is 0 Å². The number of amides is 1. The summed E-state index contributed by atoms with van der Waals surface area (Å²) in [6, 6.07) is 0. The van der Waals surface area contributed by atoms with Crippen LogP contribution in [0.15, 0.2) is 17.0 Å². The fourth-order valence-corrected chi connectivity index (χ4v) is 0.588. The van der Waals surface area contributed by atoms with Gasteiger partial charge < -0.3 is 10.6 Å². The van der Waals surface area contributed by atoms with Crippen LogP contribution < -0.4 is 10.6 Å². The lowest BCUT2D eigenvalue weighted by molar-refractivity contribution is -0.116. The zero-order valence-corrected chi connectivity index (χ0v) is 7.41. The second-order valence-corrected chi connectivity index (χ2v) is 2.20. The third-order valence-corrected chi connectivity index (χ3v) is 1.32. The van der Waals surface area contributed by atoms with Crippen molar-refractivity contribution in [3.63, 3.8) is 0 Å². The van der Waals surface area contributed by atoms with E-state index in [4.69, 9.17) is 0 Å². The van der Waals surface area contributed by atoms with Gasteiger partial charge in [0.1, 0.15) is 0 Å². The second kappa shape index (κ2) is 4.58. The van der Waals surface area contributed by atoms with E-state index in [1.54, 1.807) is 21.0 Å². The molecule has 3 nitrogen and oxygen atoms in total. The smallest absolute Gasteiger partial charge is 0.254 e. The van der Waals surface area contributed by atoms with Crippen LogP contribution in [0.3, 0.4) is 0 Å². The highest BCUT2D eigenvalue weighted by atomic mass is 16.1. The Morgan fingerprint density at radius 3 is 2.09 bits per heavy atom. The van der Waals surface area contributed by atoms with Crippen LogP contribution in [-0.4, -0.2) is 20.0 Å². The van der Waals surface area contributed by atoms with Crippen molar-refractivity contribution in [1.82, 2.24) is 10.6 Å². The molecule has 0 aromatic rings. The molecule has 0 radical (unpaired) electrons. The summed E-state index contributed by atoms with van der Waals surface area (Å²) in [6.07, 6.45) is 0. The minimum absolute atomic E-state index is 0.0976. The number of hydrogen-bond donors (Lipinski definition) is 2. The Balaban J connectivity index is 4.56. The number of likely N-dealkylation sites (N-methyl/N-ethyl adjacent to an activating group) is 1. The van der Waals surface area contributed by atoms with Gasteiger partial charge in [0.15, 0.2) is 0 Å². The molecule has 0 heterocycles. The summed E-state index contributed by atoms with van der Waals surface area (Å²) in [5, 5.41) is 5.39. The zero-order chi connectivity index (χ0) is 8.85. The summed E-state index contributed by atoms with van der Waals surface area (Å²) in [6.45, 7) is 3.58. The van der Waals surface area contributed by atoms with Gasteiger partial charge in [0.05, 0.1) is 11.3 Å². The van der Waals surface area contributed by atoms with E-state index in [1.807, 2.05) is 6.92 Å². The highest BCUT2D eigenvalue weighted by Gasteiger charge is 1.97. The molecule has 0 saturated carbocycles. The Bertz CT molecular complexity index is 212. The Morgan fingerprint density at radius 1 is 1.18 bits per heavy atom. The second-order valence-electron chi connectivity index (χ2n) is 2.20. The largest absolute Gasteiger partial charge is 0.385 e. The summed E-state index contributed by atoms with van der Waals surface area (Å²) in [5.41, 5.74) is 4.33. The molecule has 0 bridgehead atoms. The van der Waals surface area contributed by atoms with Crippen LogP contribution in [-0.2, 0) is 4.79 Å². The molecule has 1 amide bonds. The topological polar surface area (TPSA) is 41.1 Å². The first-order valence-corrected chi connectivity index (χ1v) is 3.45. The lowest BCUT2D eigenvalue weighted by Gasteiger charge is -1.96. The summed E-state index contributed by atoms with van der Waals surface area (Å²) in [4.78, 5) is 10.9. The lowest BCUT2D eigenvalue weighted by atomic mass is 10.3. The molecule has 2 N–H and O–H groups in total. The van der Waals surface area contributed by atoms with E-state index in [0.29, 0.717) is 5.57 Å². The first-order chi connectivity index (χ1) is 5.11. The van der Waals surface area contributed by atoms with Gasteiger partial charge in [-0.3, -0.25) is 4.79 Å². The minimum Gasteiger partial charge on any atom is -0.385 e. The van der Waals surface area contributed by atoms with Crippen molar-refractivity contribution in [3.05, 3.63) is 17.0 Å². The predicted molar refractivity (Wildman–Crippen MR) is 45.0 cm³/mol. The average Bonchev–Trinajstić information content (AvgIpc) is 2.02. The van der Waals surface area contributed by atoms with Crippen LogP contribution >= 0.6 is 0 Å². The van der Waals surface area contributed by atoms with Gasteiger partial charge in [-0.15, -0.1) is 0 Å². The van der Waals surface area contributed by atoms with Crippen molar-refractivity contribution in [3.8, 4) is 0 Å². The fraction of sp³-hybridized carbons (Fsp3) is 0.500. The van der Waals surface area contributed by atoms with Crippen LogP contribution in [0.1, 0.15) is 13.8 Å². The molecule has 0 aliphatic carbocycles. The van der Waals surface area contributed by atoms with Crippen LogP contribution in [0.2, 0.25) is 0 Å². The summed E-state index contributed by atoms with van der Waals surface area (Å²) >= 11 is 0. The van der Waals surface area contributed by atoms with Gasteiger partial charge in [-0.05, 0) is 13.8 Å². The van der Waals surface area contributed by atoms with E-state index in [0.717, 1.165) is 5.70 Å². The van der Waals surface area contributed by atoms with Gasteiger partial charge in [0, 0.05) is 14.1 Å². The van der Waals surface area contributed by atoms with Gasteiger partial charge in [-0.1, -0.05) is 5.73 Å². The van der Waals surface area contributed by atoms with Crippen molar-refractivity contribution < 1.29 is 4.79 Å². The number of rotatable bonds is 2. The van der Waals surface area contributed by atoms with Crippen LogP contribution in [0.4, 0.5) is 0 Å². The molecule has 0 saturated heterocycles. The first kappa shape index (κ1) is 9.79. The van der Waals surface area contributed by atoms with E-state index in [9.17, 15) is 4.79 Å². The Kier molecular flexibility index (Phi) is 4.08. The van der Waals surface area contributed by atoms with E-state index < -0.39 is 0 Å². The molecule has 0 aliphatic rings. The number of carbonyl (C=O) groups excluding carboxylic acids is 1. The maximum Gasteiger partial charge on any atom is 0.254 e. The molecule has 0 spiro atoms. The number of nitrogens with one attached hydrogen (secondary N) is 2. The molecule has 0 aromatic carbocycles. The van der Waals surface area contributed by atoms with Gasteiger partial charge >= 0.3 is 0 Å². The maximum atomic E-state index is 10.9. The highest BCUT2D eigenvalue weighted by molar-refractivity contribution is 5.92. The molecule has 0 rings (SSSR count). The summed E-state index contributed by atoms with van der Waals surface area (Å²) < 4.78 is 0. The van der Waals surface area contributed by atoms with Gasteiger partial charge in [0.2, 0.25) is 0 Å². The van der Waals surface area contributed by atoms with Crippen LogP contribution in [0.5, 0.6) is 0 Å². The quantitative estimate of drug-likeness (QED) is 0.446. The molecule has 0 fully saturated rings. The van der Waals surface area contributed by atoms with E-state index in [1.165, 1.54) is 0 Å². The minimum atomic E-state index is -0.0976. The van der Waals surface area contributed by atoms with E-state index in [2.05, 4.69) is 16.4 Å². The van der Waals surface area contributed by atoms with Crippen molar-refractivity contribution >= 4 is 5.91 Å². The fourth-order valence-electron chi connectivity index (χ4n) is 0.588. The molecule has 62 valence electrons. The van der Waals surface area contributed by atoms with E-state index >= 15 is 0 Å². The third-order valence-electron chi connectivity index (χ3n) is 1.32. The molecule has 0 aromatic heterocycles. The van der Waals surface area contributed by atoms with Gasteiger partial charge in [-0.25, -0.2) is 0 Å². The lowest BCUT2D eigenvalue weighted by Crippen LogP contribution is -2.18. The first-order valence-electron chi connectivity index (χ1n) is 3.45. The summed E-state index contributed by atoms with van der Waals surface area (Å²) in [7, 11) is 3.39. The standard InChI is InChI=1S/C8H14N2O/c1-6(8(11)10-4)5-7(2)9-3/h9H,1-4H3,(H,10,11). The van der Waals surface area contributed by atoms with Crippen molar-refractivity contribution in [2.75, 3.05) is 14.1 Å². The maximum absolute atomic E-state index is 10.9. The zero-order valence-electron chi connectivity index (χ0n) is 7.41. The third kappa shape index (κ3) is 3.48. The molecule has 0 aliphatic heterocycles. The monoisotopic (exact) mass is 154 g/mol.